The molecule has 0 aliphatic heterocycles. The van der Waals surface area contributed by atoms with Crippen LogP contribution < -0.4 is 0 Å². The highest BCUT2D eigenvalue weighted by molar-refractivity contribution is 6.33. The summed E-state index contributed by atoms with van der Waals surface area (Å²) in [5.41, 5.74) is -0.668. The van der Waals surface area contributed by atoms with Crippen molar-refractivity contribution in [2.24, 2.45) is 5.92 Å². The second kappa shape index (κ2) is 3.59. The maximum absolute atomic E-state index is 13.7. The van der Waals surface area contributed by atoms with Crippen LogP contribution in [0.15, 0.2) is 12.3 Å². The molecule has 0 bridgehead atoms. The van der Waals surface area contributed by atoms with Gasteiger partial charge in [0, 0.05) is 18.2 Å². The van der Waals surface area contributed by atoms with Crippen molar-refractivity contribution >= 4 is 17.4 Å². The fourth-order valence-corrected chi connectivity index (χ4v) is 2.55. The molecular weight excluding hydrogens is 229 g/mol. The quantitative estimate of drug-likeness (QED) is 0.743. The van der Waals surface area contributed by atoms with Crippen LogP contribution in [0.5, 0.6) is 0 Å². The summed E-state index contributed by atoms with van der Waals surface area (Å²) in [5.74, 6) is -0.0577. The third-order valence-corrected chi connectivity index (χ3v) is 3.62. The third kappa shape index (κ3) is 1.88. The van der Waals surface area contributed by atoms with Crippen molar-refractivity contribution in [3.63, 3.8) is 0 Å². The van der Waals surface area contributed by atoms with Gasteiger partial charge in [0.1, 0.15) is 10.8 Å². The maximum atomic E-state index is 13.7. The Morgan fingerprint density at radius 3 is 2.62 bits per heavy atom. The molecule has 1 fully saturated rings. The van der Waals surface area contributed by atoms with E-state index in [9.17, 15) is 9.18 Å². The molecule has 0 N–H and O–H groups in total. The van der Waals surface area contributed by atoms with E-state index in [1.807, 2.05) is 4.57 Å². The Kier molecular flexibility index (Phi) is 2.61. The maximum Gasteiger partial charge on any atom is 0.162 e. The third-order valence-electron chi connectivity index (χ3n) is 3.23. The first-order valence-electron chi connectivity index (χ1n) is 5.38. The minimum atomic E-state index is -1.19. The van der Waals surface area contributed by atoms with Crippen molar-refractivity contribution in [3.8, 4) is 0 Å². The molecule has 1 aliphatic carbocycles. The van der Waals surface area contributed by atoms with Crippen LogP contribution in [0, 0.1) is 5.92 Å². The number of Topliss-reactive ketones (excluding diaryl/α,β-unsaturated/α-hetero) is 1. The number of carbonyl (C=O) groups is 1. The van der Waals surface area contributed by atoms with Crippen LogP contribution in [0.1, 0.15) is 43.6 Å². The minimum Gasteiger partial charge on any atom is -0.335 e. The first-order chi connectivity index (χ1) is 7.32. The number of ketones is 1. The van der Waals surface area contributed by atoms with Crippen molar-refractivity contribution in [3.05, 3.63) is 23.0 Å². The molecule has 0 amide bonds. The lowest BCUT2D eigenvalue weighted by atomic mass is 10.1. The van der Waals surface area contributed by atoms with E-state index in [1.165, 1.54) is 6.92 Å². The van der Waals surface area contributed by atoms with Crippen LogP contribution in [0.2, 0.25) is 5.15 Å². The molecule has 1 aliphatic rings. The molecule has 4 heteroatoms. The highest BCUT2D eigenvalue weighted by Gasteiger charge is 2.49. The van der Waals surface area contributed by atoms with Crippen LogP contribution in [-0.4, -0.2) is 16.0 Å². The second-order valence-corrected chi connectivity index (χ2v) is 5.32. The van der Waals surface area contributed by atoms with E-state index in [1.54, 1.807) is 26.1 Å². The van der Waals surface area contributed by atoms with Crippen LogP contribution in [0.25, 0.3) is 0 Å². The second-order valence-electron chi connectivity index (χ2n) is 4.96. The molecule has 2 rings (SSSR count). The largest absolute Gasteiger partial charge is 0.335 e. The van der Waals surface area contributed by atoms with Crippen LogP contribution in [0.4, 0.5) is 4.39 Å². The van der Waals surface area contributed by atoms with Crippen molar-refractivity contribution < 1.29 is 9.18 Å². The molecule has 2 atom stereocenters. The fourth-order valence-electron chi connectivity index (χ4n) is 2.17. The molecule has 1 saturated carbocycles. The molecule has 2 unspecified atom stereocenters. The van der Waals surface area contributed by atoms with Gasteiger partial charge >= 0.3 is 0 Å². The zero-order chi connectivity index (χ0) is 12.1. The number of carbonyl (C=O) groups excluding carboxylic acids is 1. The lowest BCUT2D eigenvalue weighted by molar-refractivity contribution is 0.101. The topological polar surface area (TPSA) is 22.0 Å². The van der Waals surface area contributed by atoms with Crippen molar-refractivity contribution in [2.75, 3.05) is 0 Å². The van der Waals surface area contributed by atoms with Gasteiger partial charge < -0.3 is 4.57 Å². The predicted molar refractivity (Wildman–Crippen MR) is 61.8 cm³/mol. The van der Waals surface area contributed by atoms with Crippen molar-refractivity contribution in [1.29, 1.82) is 0 Å². The summed E-state index contributed by atoms with van der Waals surface area (Å²) in [6.45, 7) is 4.65. The van der Waals surface area contributed by atoms with Gasteiger partial charge in [-0.1, -0.05) is 11.6 Å². The van der Waals surface area contributed by atoms with Gasteiger partial charge in [0.2, 0.25) is 0 Å². The number of aromatic nitrogens is 1. The Labute approximate surface area is 99.4 Å². The Balaban J connectivity index is 2.22. The minimum absolute atomic E-state index is 0.00259. The van der Waals surface area contributed by atoms with E-state index in [0.717, 1.165) is 6.42 Å². The summed E-state index contributed by atoms with van der Waals surface area (Å²) >= 11 is 6.09. The predicted octanol–water partition coefficient (Wildman–Crippen LogP) is 3.65. The fraction of sp³-hybridized carbons (Fsp3) is 0.583. The molecule has 1 aromatic heterocycles. The van der Waals surface area contributed by atoms with E-state index in [-0.39, 0.29) is 17.7 Å². The lowest BCUT2D eigenvalue weighted by Crippen LogP contribution is -2.17. The van der Waals surface area contributed by atoms with Crippen molar-refractivity contribution in [1.82, 2.24) is 4.57 Å². The molecule has 0 saturated heterocycles. The number of nitrogens with zero attached hydrogens (tertiary/aromatic N) is 1. The molecule has 1 heterocycles. The molecular formula is C12H15ClFNO. The van der Waals surface area contributed by atoms with Gasteiger partial charge in [-0.2, -0.15) is 0 Å². The van der Waals surface area contributed by atoms with E-state index in [2.05, 4.69) is 0 Å². The first kappa shape index (κ1) is 11.6. The zero-order valence-corrected chi connectivity index (χ0v) is 10.4. The summed E-state index contributed by atoms with van der Waals surface area (Å²) in [7, 11) is 0. The van der Waals surface area contributed by atoms with E-state index in [4.69, 9.17) is 11.6 Å². The van der Waals surface area contributed by atoms with Gasteiger partial charge in [-0.3, -0.25) is 4.79 Å². The van der Waals surface area contributed by atoms with Gasteiger partial charge in [0.15, 0.2) is 5.78 Å². The van der Waals surface area contributed by atoms with Gasteiger partial charge in [0.25, 0.3) is 0 Å². The SMILES string of the molecule is CC(=O)c1ccn(C2CC2C(C)(C)F)c1Cl. The number of hydrogen-bond acceptors (Lipinski definition) is 1. The van der Waals surface area contributed by atoms with Crippen LogP contribution in [0.3, 0.4) is 0 Å². The molecule has 0 radical (unpaired) electrons. The average molecular weight is 244 g/mol. The molecule has 0 aromatic carbocycles. The smallest absolute Gasteiger partial charge is 0.162 e. The van der Waals surface area contributed by atoms with E-state index >= 15 is 0 Å². The summed E-state index contributed by atoms with van der Waals surface area (Å²) in [6, 6.07) is 1.80. The van der Waals surface area contributed by atoms with Crippen LogP contribution in [-0.2, 0) is 0 Å². The monoisotopic (exact) mass is 243 g/mol. The Bertz CT molecular complexity index is 433. The first-order valence-corrected chi connectivity index (χ1v) is 5.76. The Morgan fingerprint density at radius 1 is 1.62 bits per heavy atom. The number of halogens is 2. The summed E-state index contributed by atoms with van der Waals surface area (Å²) in [5, 5.41) is 0.434. The van der Waals surface area contributed by atoms with Crippen LogP contribution >= 0.6 is 11.6 Å². The normalized spacial score (nSPS) is 24.6. The highest BCUT2D eigenvalue weighted by Crippen LogP contribution is 2.52. The zero-order valence-electron chi connectivity index (χ0n) is 9.63. The molecule has 16 heavy (non-hydrogen) atoms. The summed E-state index contributed by atoms with van der Waals surface area (Å²) in [4.78, 5) is 11.2. The number of rotatable bonds is 3. The number of hydrogen-bond donors (Lipinski definition) is 0. The Hall–Kier alpha value is -0.830. The lowest BCUT2D eigenvalue weighted by Gasteiger charge is -2.14. The Morgan fingerprint density at radius 2 is 2.25 bits per heavy atom. The van der Waals surface area contributed by atoms with Gasteiger partial charge in [0.05, 0.1) is 5.56 Å². The average Bonchev–Trinajstić information content (AvgIpc) is 2.83. The molecule has 88 valence electrons. The van der Waals surface area contributed by atoms with Gasteiger partial charge in [-0.25, -0.2) is 4.39 Å². The van der Waals surface area contributed by atoms with E-state index in [0.29, 0.717) is 10.7 Å². The molecule has 0 spiro atoms. The van der Waals surface area contributed by atoms with Crippen molar-refractivity contribution in [2.45, 2.75) is 38.9 Å². The molecule has 1 aromatic rings. The highest BCUT2D eigenvalue weighted by atomic mass is 35.5. The van der Waals surface area contributed by atoms with Gasteiger partial charge in [-0.05, 0) is 33.3 Å². The molecule has 2 nitrogen and oxygen atoms in total. The summed E-state index contributed by atoms with van der Waals surface area (Å²) in [6.07, 6.45) is 2.56. The van der Waals surface area contributed by atoms with Gasteiger partial charge in [-0.15, -0.1) is 0 Å². The van der Waals surface area contributed by atoms with E-state index < -0.39 is 5.67 Å². The standard InChI is InChI=1S/C12H15ClFNO/c1-7(16)8-4-5-15(11(8)13)10-6-9(10)12(2,3)14/h4-5,9-10H,6H2,1-3H3. The summed E-state index contributed by atoms with van der Waals surface area (Å²) < 4.78 is 15.5. The number of alkyl halides is 1.